The molecule has 0 aliphatic carbocycles. The molecule has 0 saturated carbocycles. The van der Waals surface area contributed by atoms with Gasteiger partial charge < -0.3 is 14.9 Å². The van der Waals surface area contributed by atoms with Gasteiger partial charge in [0.1, 0.15) is 11.8 Å². The van der Waals surface area contributed by atoms with E-state index in [2.05, 4.69) is 38.6 Å². The fourth-order valence-corrected chi connectivity index (χ4v) is 2.69. The van der Waals surface area contributed by atoms with E-state index in [1.165, 1.54) is 7.11 Å². The van der Waals surface area contributed by atoms with Gasteiger partial charge >= 0.3 is 5.97 Å². The van der Waals surface area contributed by atoms with Crippen molar-refractivity contribution in [2.75, 3.05) is 7.11 Å². The van der Waals surface area contributed by atoms with E-state index in [0.717, 1.165) is 11.3 Å². The molecule has 0 fully saturated rings. The Kier molecular flexibility index (Phi) is 5.59. The maximum absolute atomic E-state index is 11.4. The van der Waals surface area contributed by atoms with E-state index in [0.29, 0.717) is 6.42 Å². The molecule has 5 heteroatoms. The largest absolute Gasteiger partial charge is 0.543 e. The van der Waals surface area contributed by atoms with E-state index in [9.17, 15) is 4.79 Å². The highest BCUT2D eigenvalue weighted by atomic mass is 28.4. The van der Waals surface area contributed by atoms with Crippen LogP contribution in [0.15, 0.2) is 24.3 Å². The van der Waals surface area contributed by atoms with Crippen LogP contribution in [-0.2, 0) is 16.0 Å². The molecule has 0 aromatic heterocycles. The van der Waals surface area contributed by atoms with Crippen molar-refractivity contribution in [1.29, 1.82) is 0 Å². The molecule has 0 aliphatic rings. The van der Waals surface area contributed by atoms with Gasteiger partial charge in [-0.25, -0.2) is 0 Å². The molecule has 1 aromatic carbocycles. The smallest absolute Gasteiger partial charge is 0.322 e. The van der Waals surface area contributed by atoms with Crippen molar-refractivity contribution in [2.45, 2.75) is 51.4 Å². The Balaban J connectivity index is 2.84. The van der Waals surface area contributed by atoms with Crippen molar-refractivity contribution in [2.24, 2.45) is 5.73 Å². The number of esters is 1. The summed E-state index contributed by atoms with van der Waals surface area (Å²) in [5.74, 6) is 0.446. The topological polar surface area (TPSA) is 61.5 Å². The molecule has 1 unspecified atom stereocenters. The molecule has 0 saturated heterocycles. The lowest BCUT2D eigenvalue weighted by Gasteiger charge is -2.36. The Morgan fingerprint density at radius 1 is 1.33 bits per heavy atom. The Bertz CT molecular complexity index is 495. The summed E-state index contributed by atoms with van der Waals surface area (Å²) in [5.41, 5.74) is 6.78. The van der Waals surface area contributed by atoms with E-state index in [4.69, 9.17) is 10.2 Å². The number of methoxy groups -OCH3 is 1. The van der Waals surface area contributed by atoms with Gasteiger partial charge in [-0.1, -0.05) is 32.9 Å². The quantitative estimate of drug-likeness (QED) is 0.670. The lowest BCUT2D eigenvalue weighted by molar-refractivity contribution is -0.142. The van der Waals surface area contributed by atoms with Crippen LogP contribution in [0.4, 0.5) is 0 Å². The Morgan fingerprint density at radius 3 is 2.48 bits per heavy atom. The van der Waals surface area contributed by atoms with Crippen molar-refractivity contribution < 1.29 is 14.0 Å². The highest BCUT2D eigenvalue weighted by Crippen LogP contribution is 2.37. The van der Waals surface area contributed by atoms with Crippen molar-refractivity contribution in [3.8, 4) is 5.75 Å². The zero-order valence-corrected chi connectivity index (χ0v) is 14.9. The first-order valence-corrected chi connectivity index (χ1v) is 10.1. The van der Waals surface area contributed by atoms with Crippen LogP contribution in [0.25, 0.3) is 0 Å². The van der Waals surface area contributed by atoms with Crippen LogP contribution in [0.3, 0.4) is 0 Å². The molecule has 0 bridgehead atoms. The molecule has 0 amide bonds. The number of carbonyl (C=O) groups is 1. The average molecular weight is 309 g/mol. The summed E-state index contributed by atoms with van der Waals surface area (Å²) in [6.45, 7) is 11.0. The standard InChI is InChI=1S/C16H27NO3Si/c1-16(2,3)21(5,6)20-13-9-7-8-12(10-13)11-14(17)15(18)19-4/h7-10,14H,11,17H2,1-6H3. The third kappa shape index (κ3) is 4.86. The van der Waals surface area contributed by atoms with Gasteiger partial charge in [0.2, 0.25) is 8.32 Å². The lowest BCUT2D eigenvalue weighted by Crippen LogP contribution is -2.43. The number of nitrogens with two attached hydrogens (primary N) is 1. The SMILES string of the molecule is COC(=O)C(N)Cc1cccc(O[Si](C)(C)C(C)(C)C)c1. The maximum Gasteiger partial charge on any atom is 0.322 e. The van der Waals surface area contributed by atoms with Crippen molar-refractivity contribution in [3.05, 3.63) is 29.8 Å². The van der Waals surface area contributed by atoms with Crippen LogP contribution >= 0.6 is 0 Å². The molecule has 1 aromatic rings. The minimum atomic E-state index is -1.86. The number of benzene rings is 1. The molecule has 1 atom stereocenters. The van der Waals surface area contributed by atoms with Crippen LogP contribution in [-0.4, -0.2) is 27.4 Å². The fraction of sp³-hybridized carbons (Fsp3) is 0.562. The summed E-state index contributed by atoms with van der Waals surface area (Å²) in [5, 5.41) is 0.144. The predicted octanol–water partition coefficient (Wildman–Crippen LogP) is 3.11. The molecule has 4 nitrogen and oxygen atoms in total. The normalized spacial score (nSPS) is 13.7. The van der Waals surface area contributed by atoms with Gasteiger partial charge in [0.05, 0.1) is 7.11 Å². The first kappa shape index (κ1) is 17.7. The molecule has 21 heavy (non-hydrogen) atoms. The zero-order valence-electron chi connectivity index (χ0n) is 13.9. The number of hydrogen-bond donors (Lipinski definition) is 1. The highest BCUT2D eigenvalue weighted by Gasteiger charge is 2.38. The van der Waals surface area contributed by atoms with Crippen LogP contribution in [0.5, 0.6) is 5.75 Å². The molecule has 0 heterocycles. The number of rotatable bonds is 5. The van der Waals surface area contributed by atoms with Crippen molar-refractivity contribution in [1.82, 2.24) is 0 Å². The highest BCUT2D eigenvalue weighted by molar-refractivity contribution is 6.74. The van der Waals surface area contributed by atoms with Gasteiger partial charge in [-0.05, 0) is 42.2 Å². The summed E-state index contributed by atoms with van der Waals surface area (Å²) >= 11 is 0. The molecule has 0 aliphatic heterocycles. The first-order chi connectivity index (χ1) is 9.56. The second-order valence-electron chi connectivity index (χ2n) is 6.84. The van der Waals surface area contributed by atoms with E-state index in [1.54, 1.807) is 0 Å². The molecule has 1 rings (SSSR count). The van der Waals surface area contributed by atoms with Gasteiger partial charge in [-0.2, -0.15) is 0 Å². The number of carbonyl (C=O) groups excluding carboxylic acids is 1. The zero-order chi connectivity index (χ0) is 16.3. The second kappa shape index (κ2) is 6.62. The minimum absolute atomic E-state index is 0.144. The predicted molar refractivity (Wildman–Crippen MR) is 88.0 cm³/mol. The molecular formula is C16H27NO3Si. The monoisotopic (exact) mass is 309 g/mol. The Hall–Kier alpha value is -1.33. The molecule has 0 radical (unpaired) electrons. The summed E-state index contributed by atoms with van der Waals surface area (Å²) in [6, 6.07) is 7.15. The van der Waals surface area contributed by atoms with Crippen molar-refractivity contribution in [3.63, 3.8) is 0 Å². The van der Waals surface area contributed by atoms with Gasteiger partial charge in [0.15, 0.2) is 0 Å². The van der Waals surface area contributed by atoms with Crippen LogP contribution in [0, 0.1) is 0 Å². The van der Waals surface area contributed by atoms with Crippen LogP contribution in [0.2, 0.25) is 18.1 Å². The van der Waals surface area contributed by atoms with E-state index in [-0.39, 0.29) is 5.04 Å². The van der Waals surface area contributed by atoms with Gasteiger partial charge in [0.25, 0.3) is 0 Å². The molecular weight excluding hydrogens is 282 g/mol. The van der Waals surface area contributed by atoms with E-state index < -0.39 is 20.3 Å². The Morgan fingerprint density at radius 2 is 1.95 bits per heavy atom. The van der Waals surface area contributed by atoms with Crippen LogP contribution in [0.1, 0.15) is 26.3 Å². The molecule has 2 N–H and O–H groups in total. The maximum atomic E-state index is 11.4. The average Bonchev–Trinajstić information content (AvgIpc) is 2.36. The molecule has 0 spiro atoms. The number of hydrogen-bond acceptors (Lipinski definition) is 4. The van der Waals surface area contributed by atoms with Crippen molar-refractivity contribution >= 4 is 14.3 Å². The fourth-order valence-electron chi connectivity index (χ4n) is 1.67. The van der Waals surface area contributed by atoms with Gasteiger partial charge in [-0.3, -0.25) is 4.79 Å². The molecule has 118 valence electrons. The third-order valence-electron chi connectivity index (χ3n) is 4.04. The first-order valence-electron chi connectivity index (χ1n) is 7.18. The van der Waals surface area contributed by atoms with E-state index >= 15 is 0 Å². The summed E-state index contributed by atoms with van der Waals surface area (Å²) in [7, 11) is -0.514. The lowest BCUT2D eigenvalue weighted by atomic mass is 10.1. The summed E-state index contributed by atoms with van der Waals surface area (Å²) in [4.78, 5) is 11.4. The van der Waals surface area contributed by atoms with Crippen LogP contribution < -0.4 is 10.2 Å². The number of ether oxygens (including phenoxy) is 1. The summed E-state index contributed by atoms with van der Waals surface area (Å²) < 4.78 is 10.9. The summed E-state index contributed by atoms with van der Waals surface area (Å²) in [6.07, 6.45) is 0.446. The van der Waals surface area contributed by atoms with E-state index in [1.807, 2.05) is 24.3 Å². The Labute approximate surface area is 128 Å². The van der Waals surface area contributed by atoms with Gasteiger partial charge in [-0.15, -0.1) is 0 Å². The third-order valence-corrected chi connectivity index (χ3v) is 8.40. The second-order valence-corrected chi connectivity index (χ2v) is 11.6. The van der Waals surface area contributed by atoms with Gasteiger partial charge in [0, 0.05) is 0 Å². The minimum Gasteiger partial charge on any atom is -0.543 e.